The second kappa shape index (κ2) is 13.5. The number of fused-ring (bicyclic) bond motifs is 3. The fourth-order valence-electron chi connectivity index (χ4n) is 8.18. The summed E-state index contributed by atoms with van der Waals surface area (Å²) in [5.74, 6) is 0. The first-order valence-corrected chi connectivity index (χ1v) is 18.7. The highest BCUT2D eigenvalue weighted by Crippen LogP contribution is 2.44. The third-order valence-electron chi connectivity index (χ3n) is 10.8. The maximum absolute atomic E-state index is 2.37. The molecule has 0 fully saturated rings. The van der Waals surface area contributed by atoms with E-state index < -0.39 is 0 Å². The van der Waals surface area contributed by atoms with Gasteiger partial charge in [0.2, 0.25) is 0 Å². The number of hydrogen-bond acceptors (Lipinski definition) is 0. The summed E-state index contributed by atoms with van der Waals surface area (Å²) in [5, 5.41) is 7.52. The average molecular weight is 685 g/mol. The molecule has 0 bridgehead atoms. The lowest BCUT2D eigenvalue weighted by atomic mass is 9.85. The molecule has 252 valence electrons. The van der Waals surface area contributed by atoms with Gasteiger partial charge in [0.15, 0.2) is 0 Å². The molecule has 0 nitrogen and oxygen atoms in total. The SMILES string of the molecule is c1ccc(-c2ccc(-c3c4ccccc4c(-c4ccc5cc(-c6cc(-c7ccccc7)cc(-c7ccccc7)c6)ccc5c4)c4ccccc34)cc2)cc1. The quantitative estimate of drug-likeness (QED) is 0.153. The van der Waals surface area contributed by atoms with E-state index in [1.807, 2.05) is 0 Å². The lowest BCUT2D eigenvalue weighted by molar-refractivity contribution is 1.57. The van der Waals surface area contributed by atoms with Crippen molar-refractivity contribution < 1.29 is 0 Å². The van der Waals surface area contributed by atoms with Crippen LogP contribution in [0.25, 0.3) is 99.1 Å². The van der Waals surface area contributed by atoms with Crippen LogP contribution in [0.1, 0.15) is 0 Å². The van der Waals surface area contributed by atoms with Crippen molar-refractivity contribution >= 4 is 32.3 Å². The van der Waals surface area contributed by atoms with Crippen molar-refractivity contribution in [2.45, 2.75) is 0 Å². The molecule has 0 radical (unpaired) electrons. The summed E-state index contributed by atoms with van der Waals surface area (Å²) >= 11 is 0. The van der Waals surface area contributed by atoms with Gasteiger partial charge >= 0.3 is 0 Å². The van der Waals surface area contributed by atoms with Crippen molar-refractivity contribution in [3.63, 3.8) is 0 Å². The molecule has 0 atom stereocenters. The van der Waals surface area contributed by atoms with Crippen LogP contribution in [-0.4, -0.2) is 0 Å². The zero-order valence-electron chi connectivity index (χ0n) is 29.8. The molecule has 0 saturated carbocycles. The lowest BCUT2D eigenvalue weighted by Crippen LogP contribution is -1.91. The molecule has 0 heterocycles. The predicted molar refractivity (Wildman–Crippen MR) is 232 cm³/mol. The first-order chi connectivity index (χ1) is 26.8. The van der Waals surface area contributed by atoms with Crippen molar-refractivity contribution in [2.75, 3.05) is 0 Å². The summed E-state index contributed by atoms with van der Waals surface area (Å²) in [4.78, 5) is 0. The van der Waals surface area contributed by atoms with Gasteiger partial charge < -0.3 is 0 Å². The van der Waals surface area contributed by atoms with E-state index in [1.54, 1.807) is 0 Å². The Balaban J connectivity index is 1.09. The first-order valence-electron chi connectivity index (χ1n) is 18.7. The zero-order chi connectivity index (χ0) is 35.8. The van der Waals surface area contributed by atoms with E-state index in [9.17, 15) is 0 Å². The maximum Gasteiger partial charge on any atom is -0.00262 e. The van der Waals surface area contributed by atoms with E-state index in [-0.39, 0.29) is 0 Å². The molecule has 0 aromatic heterocycles. The maximum atomic E-state index is 2.37. The van der Waals surface area contributed by atoms with Crippen LogP contribution in [0.5, 0.6) is 0 Å². The van der Waals surface area contributed by atoms with Crippen LogP contribution in [-0.2, 0) is 0 Å². The largest absolute Gasteiger partial charge is 0.0622 e. The van der Waals surface area contributed by atoms with Gasteiger partial charge in [0, 0.05) is 0 Å². The molecule has 0 aliphatic rings. The van der Waals surface area contributed by atoms with E-state index in [0.29, 0.717) is 0 Å². The number of hydrogen-bond donors (Lipinski definition) is 0. The smallest absolute Gasteiger partial charge is 0.00262 e. The molecule has 0 N–H and O–H groups in total. The summed E-state index contributed by atoms with van der Waals surface area (Å²) in [6.07, 6.45) is 0. The molecular formula is C54H36. The van der Waals surface area contributed by atoms with Gasteiger partial charge in [0.1, 0.15) is 0 Å². The predicted octanol–water partition coefficient (Wildman–Crippen LogP) is 15.1. The second-order valence-corrected chi connectivity index (χ2v) is 14.1. The summed E-state index contributed by atoms with van der Waals surface area (Å²) in [7, 11) is 0. The first kappa shape index (κ1) is 31.7. The minimum absolute atomic E-state index is 1.21. The Morgan fingerprint density at radius 3 is 0.926 bits per heavy atom. The number of rotatable bonds is 6. The van der Waals surface area contributed by atoms with Gasteiger partial charge in [-0.05, 0) is 129 Å². The van der Waals surface area contributed by atoms with Crippen LogP contribution in [0, 0.1) is 0 Å². The van der Waals surface area contributed by atoms with Gasteiger partial charge in [0.05, 0.1) is 0 Å². The van der Waals surface area contributed by atoms with Crippen molar-refractivity contribution in [1.29, 1.82) is 0 Å². The van der Waals surface area contributed by atoms with Crippen LogP contribution >= 0.6 is 0 Å². The van der Waals surface area contributed by atoms with Crippen LogP contribution in [0.3, 0.4) is 0 Å². The van der Waals surface area contributed by atoms with Gasteiger partial charge in [-0.25, -0.2) is 0 Å². The summed E-state index contributed by atoms with van der Waals surface area (Å²) in [5.41, 5.74) is 14.8. The van der Waals surface area contributed by atoms with Gasteiger partial charge in [0.25, 0.3) is 0 Å². The molecule has 10 rings (SSSR count). The minimum atomic E-state index is 1.21. The second-order valence-electron chi connectivity index (χ2n) is 14.1. The Hall–Kier alpha value is -7.02. The summed E-state index contributed by atoms with van der Waals surface area (Å²) in [6, 6.07) is 79.7. The van der Waals surface area contributed by atoms with Crippen LogP contribution in [0.15, 0.2) is 218 Å². The Morgan fingerprint density at radius 2 is 0.463 bits per heavy atom. The van der Waals surface area contributed by atoms with E-state index in [0.717, 1.165) is 0 Å². The third-order valence-corrected chi connectivity index (χ3v) is 10.8. The van der Waals surface area contributed by atoms with Crippen molar-refractivity contribution in [3.05, 3.63) is 218 Å². The average Bonchev–Trinajstić information content (AvgIpc) is 3.26. The monoisotopic (exact) mass is 684 g/mol. The van der Waals surface area contributed by atoms with Crippen molar-refractivity contribution in [2.24, 2.45) is 0 Å². The Labute approximate surface area is 316 Å². The highest BCUT2D eigenvalue weighted by atomic mass is 14.2. The Bertz CT molecular complexity index is 2830. The van der Waals surface area contributed by atoms with E-state index >= 15 is 0 Å². The highest BCUT2D eigenvalue weighted by molar-refractivity contribution is 6.21. The molecule has 0 aliphatic heterocycles. The number of benzene rings is 10. The molecule has 0 unspecified atom stereocenters. The van der Waals surface area contributed by atoms with E-state index in [1.165, 1.54) is 99.1 Å². The van der Waals surface area contributed by atoms with E-state index in [2.05, 4.69) is 218 Å². The Morgan fingerprint density at radius 1 is 0.167 bits per heavy atom. The molecule has 0 amide bonds. The highest BCUT2D eigenvalue weighted by Gasteiger charge is 2.17. The summed E-state index contributed by atoms with van der Waals surface area (Å²) < 4.78 is 0. The Kier molecular flexibility index (Phi) is 7.93. The lowest BCUT2D eigenvalue weighted by Gasteiger charge is -2.18. The molecule has 10 aromatic carbocycles. The molecule has 0 heteroatoms. The molecular weight excluding hydrogens is 649 g/mol. The normalized spacial score (nSPS) is 11.3. The molecule has 0 aliphatic carbocycles. The minimum Gasteiger partial charge on any atom is -0.0622 e. The van der Waals surface area contributed by atoms with Gasteiger partial charge in [-0.3, -0.25) is 0 Å². The molecule has 10 aromatic rings. The zero-order valence-corrected chi connectivity index (χ0v) is 29.8. The molecule has 54 heavy (non-hydrogen) atoms. The van der Waals surface area contributed by atoms with Crippen molar-refractivity contribution in [1.82, 2.24) is 0 Å². The van der Waals surface area contributed by atoms with E-state index in [4.69, 9.17) is 0 Å². The van der Waals surface area contributed by atoms with Crippen LogP contribution in [0.4, 0.5) is 0 Å². The molecule has 0 saturated heterocycles. The summed E-state index contributed by atoms with van der Waals surface area (Å²) in [6.45, 7) is 0. The molecule has 0 spiro atoms. The van der Waals surface area contributed by atoms with Crippen LogP contribution < -0.4 is 0 Å². The van der Waals surface area contributed by atoms with Gasteiger partial charge in [-0.15, -0.1) is 0 Å². The van der Waals surface area contributed by atoms with Crippen molar-refractivity contribution in [3.8, 4) is 66.8 Å². The topological polar surface area (TPSA) is 0 Å². The fraction of sp³-hybridized carbons (Fsp3) is 0. The fourth-order valence-corrected chi connectivity index (χ4v) is 8.18. The standard InChI is InChI=1S/C54H36/c1-4-14-37(15-5-1)40-24-26-41(27-25-40)53-49-20-10-12-22-51(49)54(52-23-13-11-21-50(52)53)45-31-30-42-32-44(29-28-43(42)33-45)48-35-46(38-16-6-2-7-17-38)34-47(36-48)39-18-8-3-9-19-39/h1-36H. The third kappa shape index (κ3) is 5.75. The van der Waals surface area contributed by atoms with Crippen LogP contribution in [0.2, 0.25) is 0 Å². The van der Waals surface area contributed by atoms with Gasteiger partial charge in [-0.1, -0.05) is 188 Å². The van der Waals surface area contributed by atoms with Gasteiger partial charge in [-0.2, -0.15) is 0 Å².